The Hall–Kier alpha value is -1.86. The molecule has 0 spiro atoms. The third-order valence-corrected chi connectivity index (χ3v) is 2.80. The first-order chi connectivity index (χ1) is 9.15. The number of aliphatic hydroxyl groups is 1. The maximum atomic E-state index is 13.8. The third kappa shape index (κ3) is 2.94. The number of carbonyl (C=O) groups excluding carboxylic acids is 1. The quantitative estimate of drug-likeness (QED) is 0.725. The fourth-order valence-electron chi connectivity index (χ4n) is 1.85. The van der Waals surface area contributed by atoms with Crippen LogP contribution in [-0.4, -0.2) is 43.5 Å². The van der Waals surface area contributed by atoms with Crippen LogP contribution in [0.1, 0.15) is 0 Å². The molecule has 1 aliphatic rings. The van der Waals surface area contributed by atoms with Crippen LogP contribution in [0.15, 0.2) is 18.2 Å². The number of amides is 1. The van der Waals surface area contributed by atoms with Crippen molar-refractivity contribution in [3.63, 3.8) is 0 Å². The second-order valence-corrected chi connectivity index (χ2v) is 4.18. The number of benzene rings is 1. The highest BCUT2D eigenvalue weighted by atomic mass is 19.1. The number of hydrogen-bond donors (Lipinski definition) is 3. The molecule has 0 saturated carbocycles. The van der Waals surface area contributed by atoms with E-state index < -0.39 is 18.0 Å². The predicted molar refractivity (Wildman–Crippen MR) is 68.6 cm³/mol. The van der Waals surface area contributed by atoms with Gasteiger partial charge in [0.1, 0.15) is 11.9 Å². The van der Waals surface area contributed by atoms with Crippen LogP contribution in [0.5, 0.6) is 0 Å². The highest BCUT2D eigenvalue weighted by molar-refractivity contribution is 5.90. The molecule has 1 saturated heterocycles. The fourth-order valence-corrected chi connectivity index (χ4v) is 1.85. The standard InChI is InChI=1S/C12H16FN3O3/c13-10-5-8(1-2-11(10)15-4-3-14)16-6-9(7-17)19-12(16)18/h1-2,5,9,15,17H,3-4,6-7,14H2. The summed E-state index contributed by atoms with van der Waals surface area (Å²) < 4.78 is 18.7. The second-order valence-electron chi connectivity index (χ2n) is 4.18. The molecule has 1 aliphatic heterocycles. The summed E-state index contributed by atoms with van der Waals surface area (Å²) in [7, 11) is 0. The molecule has 2 rings (SSSR count). The van der Waals surface area contributed by atoms with Crippen LogP contribution in [0.25, 0.3) is 0 Å². The number of carbonyl (C=O) groups is 1. The summed E-state index contributed by atoms with van der Waals surface area (Å²) in [5.41, 5.74) is 6.06. The fraction of sp³-hybridized carbons (Fsp3) is 0.417. The van der Waals surface area contributed by atoms with Crippen molar-refractivity contribution in [2.24, 2.45) is 5.73 Å². The Balaban J connectivity index is 2.13. The van der Waals surface area contributed by atoms with Crippen LogP contribution in [-0.2, 0) is 4.74 Å². The molecule has 0 aromatic heterocycles. The molecule has 1 aromatic rings. The van der Waals surface area contributed by atoms with Crippen LogP contribution in [0, 0.1) is 5.82 Å². The Labute approximate surface area is 109 Å². The highest BCUT2D eigenvalue weighted by Gasteiger charge is 2.32. The van der Waals surface area contributed by atoms with E-state index in [0.29, 0.717) is 24.5 Å². The molecule has 7 heteroatoms. The van der Waals surface area contributed by atoms with E-state index in [1.165, 1.54) is 11.0 Å². The average Bonchev–Trinajstić information content (AvgIpc) is 2.78. The number of ether oxygens (including phenoxy) is 1. The Morgan fingerprint density at radius 1 is 1.58 bits per heavy atom. The zero-order valence-corrected chi connectivity index (χ0v) is 10.3. The van der Waals surface area contributed by atoms with Crippen molar-refractivity contribution in [3.8, 4) is 0 Å². The lowest BCUT2D eigenvalue weighted by Gasteiger charge is -2.14. The van der Waals surface area contributed by atoms with E-state index in [4.69, 9.17) is 15.6 Å². The van der Waals surface area contributed by atoms with E-state index in [-0.39, 0.29) is 13.2 Å². The molecule has 4 N–H and O–H groups in total. The van der Waals surface area contributed by atoms with Gasteiger partial charge in [-0.15, -0.1) is 0 Å². The summed E-state index contributed by atoms with van der Waals surface area (Å²) in [6, 6.07) is 4.41. The molecule has 1 fully saturated rings. The topological polar surface area (TPSA) is 87.8 Å². The van der Waals surface area contributed by atoms with Gasteiger partial charge in [-0.3, -0.25) is 4.90 Å². The van der Waals surface area contributed by atoms with Gasteiger partial charge in [0.05, 0.1) is 24.5 Å². The van der Waals surface area contributed by atoms with Gasteiger partial charge in [0, 0.05) is 13.1 Å². The predicted octanol–water partition coefficient (Wildman–Crippen LogP) is 0.514. The molecular formula is C12H16FN3O3. The molecule has 0 bridgehead atoms. The molecule has 0 aliphatic carbocycles. The second kappa shape index (κ2) is 5.85. The van der Waals surface area contributed by atoms with E-state index in [1.54, 1.807) is 12.1 Å². The Morgan fingerprint density at radius 3 is 2.95 bits per heavy atom. The van der Waals surface area contributed by atoms with Crippen molar-refractivity contribution >= 4 is 17.5 Å². The summed E-state index contributed by atoms with van der Waals surface area (Å²) in [6.07, 6.45) is -1.15. The summed E-state index contributed by atoms with van der Waals surface area (Å²) in [5, 5.41) is 11.8. The largest absolute Gasteiger partial charge is 0.441 e. The number of nitrogens with one attached hydrogen (secondary N) is 1. The molecule has 1 atom stereocenters. The van der Waals surface area contributed by atoms with E-state index in [0.717, 1.165) is 0 Å². The van der Waals surface area contributed by atoms with E-state index in [1.807, 2.05) is 0 Å². The summed E-state index contributed by atoms with van der Waals surface area (Å²) >= 11 is 0. The lowest BCUT2D eigenvalue weighted by molar-refractivity contribution is 0.0963. The molecule has 1 unspecified atom stereocenters. The zero-order valence-electron chi connectivity index (χ0n) is 10.3. The Bertz CT molecular complexity index is 470. The third-order valence-electron chi connectivity index (χ3n) is 2.80. The van der Waals surface area contributed by atoms with Gasteiger partial charge >= 0.3 is 6.09 Å². The lowest BCUT2D eigenvalue weighted by atomic mass is 10.2. The van der Waals surface area contributed by atoms with Crippen molar-refractivity contribution in [2.75, 3.05) is 36.5 Å². The van der Waals surface area contributed by atoms with E-state index >= 15 is 0 Å². The highest BCUT2D eigenvalue weighted by Crippen LogP contribution is 2.25. The first kappa shape index (κ1) is 13.6. The molecule has 1 aromatic carbocycles. The van der Waals surface area contributed by atoms with Gasteiger partial charge in [-0.25, -0.2) is 9.18 Å². The normalized spacial score (nSPS) is 18.6. The van der Waals surface area contributed by atoms with Gasteiger partial charge in [-0.1, -0.05) is 0 Å². The van der Waals surface area contributed by atoms with Crippen LogP contribution >= 0.6 is 0 Å². The van der Waals surface area contributed by atoms with E-state index in [9.17, 15) is 9.18 Å². The van der Waals surface area contributed by atoms with Gasteiger partial charge in [0.2, 0.25) is 0 Å². The monoisotopic (exact) mass is 269 g/mol. The van der Waals surface area contributed by atoms with E-state index in [2.05, 4.69) is 5.32 Å². The van der Waals surface area contributed by atoms with Crippen LogP contribution < -0.4 is 16.0 Å². The van der Waals surface area contributed by atoms with Crippen molar-refractivity contribution in [2.45, 2.75) is 6.10 Å². The molecule has 1 heterocycles. The first-order valence-corrected chi connectivity index (χ1v) is 5.98. The van der Waals surface area contributed by atoms with Crippen molar-refractivity contribution in [1.29, 1.82) is 0 Å². The number of nitrogens with zero attached hydrogens (tertiary/aromatic N) is 1. The van der Waals surface area contributed by atoms with Crippen molar-refractivity contribution < 1.29 is 19.0 Å². The van der Waals surface area contributed by atoms with Gasteiger partial charge < -0.3 is 20.9 Å². The van der Waals surface area contributed by atoms with Gasteiger partial charge in [-0.2, -0.15) is 0 Å². The number of nitrogens with two attached hydrogens (primary N) is 1. The molecule has 0 radical (unpaired) electrons. The number of cyclic esters (lactones) is 1. The number of aliphatic hydroxyl groups excluding tert-OH is 1. The summed E-state index contributed by atoms with van der Waals surface area (Å²) in [4.78, 5) is 12.8. The number of rotatable bonds is 5. The summed E-state index contributed by atoms with van der Waals surface area (Å²) in [5.74, 6) is -0.466. The maximum absolute atomic E-state index is 13.8. The minimum absolute atomic E-state index is 0.213. The van der Waals surface area contributed by atoms with Crippen molar-refractivity contribution in [1.82, 2.24) is 0 Å². The first-order valence-electron chi connectivity index (χ1n) is 5.98. The summed E-state index contributed by atoms with van der Waals surface area (Å²) in [6.45, 7) is 0.831. The SMILES string of the molecule is NCCNc1ccc(N2CC(CO)OC2=O)cc1F. The number of hydrogen-bond acceptors (Lipinski definition) is 5. The minimum Gasteiger partial charge on any atom is -0.441 e. The van der Waals surface area contributed by atoms with Gasteiger partial charge in [0.25, 0.3) is 0 Å². The lowest BCUT2D eigenvalue weighted by Crippen LogP contribution is -2.25. The average molecular weight is 269 g/mol. The zero-order chi connectivity index (χ0) is 13.8. The van der Waals surface area contributed by atoms with Crippen LogP contribution in [0.3, 0.4) is 0 Å². The smallest absolute Gasteiger partial charge is 0.414 e. The molecule has 6 nitrogen and oxygen atoms in total. The molecule has 19 heavy (non-hydrogen) atoms. The molecule has 1 amide bonds. The number of anilines is 2. The molecular weight excluding hydrogens is 253 g/mol. The van der Waals surface area contributed by atoms with Crippen molar-refractivity contribution in [3.05, 3.63) is 24.0 Å². The van der Waals surface area contributed by atoms with Gasteiger partial charge in [0.15, 0.2) is 0 Å². The van der Waals surface area contributed by atoms with Crippen LogP contribution in [0.2, 0.25) is 0 Å². The maximum Gasteiger partial charge on any atom is 0.414 e. The number of halogens is 1. The Kier molecular flexibility index (Phi) is 4.18. The minimum atomic E-state index is -0.582. The Morgan fingerprint density at radius 2 is 2.37 bits per heavy atom. The van der Waals surface area contributed by atoms with Crippen LogP contribution in [0.4, 0.5) is 20.6 Å². The van der Waals surface area contributed by atoms with Gasteiger partial charge in [-0.05, 0) is 18.2 Å². The molecule has 104 valence electrons.